The van der Waals surface area contributed by atoms with Crippen LogP contribution in [0.5, 0.6) is 0 Å². The van der Waals surface area contributed by atoms with E-state index in [0.717, 1.165) is 22.5 Å². The summed E-state index contributed by atoms with van der Waals surface area (Å²) in [6, 6.07) is 18.3. The molecule has 0 unspecified atom stereocenters. The lowest BCUT2D eigenvalue weighted by atomic mass is 9.71. The number of hydrogen-bond donors (Lipinski definition) is 0. The van der Waals surface area contributed by atoms with Crippen LogP contribution in [0.25, 0.3) is 0 Å². The molecule has 2 aromatic carbocycles. The number of nitrogens with zero attached hydrogens (tertiary/aromatic N) is 3. The van der Waals surface area contributed by atoms with Crippen molar-refractivity contribution < 1.29 is 4.79 Å². The van der Waals surface area contributed by atoms with Gasteiger partial charge >= 0.3 is 0 Å². The number of aromatic nitrogens is 3. The van der Waals surface area contributed by atoms with E-state index in [4.69, 9.17) is 0 Å². The van der Waals surface area contributed by atoms with E-state index in [1.807, 2.05) is 54.9 Å². The molecule has 0 bridgehead atoms. The molecule has 4 nitrogen and oxygen atoms in total. The molecular weight excluding hydrogens is 298 g/mol. The fourth-order valence-corrected chi connectivity index (χ4v) is 3.70. The van der Waals surface area contributed by atoms with E-state index >= 15 is 0 Å². The molecule has 0 aliphatic carbocycles. The molecule has 1 aliphatic rings. The monoisotopic (exact) mass is 317 g/mol. The average molecular weight is 317 g/mol. The first-order valence-electron chi connectivity index (χ1n) is 8.12. The zero-order chi connectivity index (χ0) is 16.9. The largest absolute Gasteiger partial charge is 0.299 e. The summed E-state index contributed by atoms with van der Waals surface area (Å²) >= 11 is 0. The Labute approximate surface area is 141 Å². The zero-order valence-corrected chi connectivity index (χ0v) is 14.0. The van der Waals surface area contributed by atoms with Gasteiger partial charge in [-0.2, -0.15) is 5.10 Å². The van der Waals surface area contributed by atoms with Crippen molar-refractivity contribution >= 4 is 5.78 Å². The van der Waals surface area contributed by atoms with Gasteiger partial charge in [-0.1, -0.05) is 54.6 Å². The first-order valence-corrected chi connectivity index (χ1v) is 8.12. The maximum atomic E-state index is 12.6. The Kier molecular flexibility index (Phi) is 3.17. The van der Waals surface area contributed by atoms with Crippen molar-refractivity contribution in [2.24, 2.45) is 0 Å². The third-order valence-corrected chi connectivity index (χ3v) is 5.04. The van der Waals surface area contributed by atoms with Crippen LogP contribution in [-0.4, -0.2) is 20.5 Å². The highest BCUT2D eigenvalue weighted by Crippen LogP contribution is 2.44. The van der Waals surface area contributed by atoms with Crippen molar-refractivity contribution in [1.82, 2.24) is 14.8 Å². The molecule has 0 spiro atoms. The van der Waals surface area contributed by atoms with Crippen LogP contribution in [0.3, 0.4) is 0 Å². The van der Waals surface area contributed by atoms with E-state index in [1.165, 1.54) is 0 Å². The van der Waals surface area contributed by atoms with Crippen molar-refractivity contribution in [2.75, 3.05) is 0 Å². The number of ketones is 1. The van der Waals surface area contributed by atoms with Crippen LogP contribution in [0.4, 0.5) is 0 Å². The normalized spacial score (nSPS) is 21.9. The molecule has 0 amide bonds. The Morgan fingerprint density at radius 2 is 1.75 bits per heavy atom. The molecule has 0 radical (unpaired) electrons. The number of rotatable bonds is 2. The molecule has 3 aromatic rings. The third kappa shape index (κ3) is 1.89. The Balaban J connectivity index is 2.08. The second-order valence-electron chi connectivity index (χ2n) is 6.51. The molecular formula is C20H19N3O. The molecule has 1 aromatic heterocycles. The lowest BCUT2D eigenvalue weighted by Gasteiger charge is -2.37. The van der Waals surface area contributed by atoms with Gasteiger partial charge in [0, 0.05) is 0 Å². The minimum Gasteiger partial charge on any atom is -0.299 e. The lowest BCUT2D eigenvalue weighted by Crippen LogP contribution is -2.42. The maximum absolute atomic E-state index is 12.6. The van der Waals surface area contributed by atoms with E-state index in [0.29, 0.717) is 5.82 Å². The quantitative estimate of drug-likeness (QED) is 0.727. The summed E-state index contributed by atoms with van der Waals surface area (Å²) in [6.07, 6.45) is 0. The highest BCUT2D eigenvalue weighted by molar-refractivity contribution is 5.91. The molecule has 2 atom stereocenters. The molecule has 0 N–H and O–H groups in total. The number of carbonyl (C=O) groups excluding carboxylic acids is 1. The van der Waals surface area contributed by atoms with Crippen molar-refractivity contribution in [3.8, 4) is 0 Å². The summed E-state index contributed by atoms with van der Waals surface area (Å²) in [4.78, 5) is 17.2. The predicted molar refractivity (Wildman–Crippen MR) is 92.0 cm³/mol. The van der Waals surface area contributed by atoms with Gasteiger partial charge in [0.05, 0.1) is 0 Å². The van der Waals surface area contributed by atoms with Crippen molar-refractivity contribution in [1.29, 1.82) is 0 Å². The standard InChI is InChI=1S/C20H19N3O/c1-13(24)20(3)17-12-8-7-11-16(17)18(15-9-5-4-6-10-15)23-19(20)21-14(2)22-23/h4-12,18H,1-3H3/t18-,20+/m0/s1. The summed E-state index contributed by atoms with van der Waals surface area (Å²) in [5, 5.41) is 4.64. The summed E-state index contributed by atoms with van der Waals surface area (Å²) < 4.78 is 1.92. The molecule has 4 heteroatoms. The first-order chi connectivity index (χ1) is 11.5. The van der Waals surface area contributed by atoms with Gasteiger partial charge in [-0.25, -0.2) is 9.67 Å². The van der Waals surface area contributed by atoms with Crippen LogP contribution in [0.15, 0.2) is 54.6 Å². The van der Waals surface area contributed by atoms with Crippen LogP contribution in [0, 0.1) is 6.92 Å². The molecule has 4 rings (SSSR count). The molecule has 24 heavy (non-hydrogen) atoms. The maximum Gasteiger partial charge on any atom is 0.147 e. The van der Waals surface area contributed by atoms with E-state index in [-0.39, 0.29) is 11.8 Å². The highest BCUT2D eigenvalue weighted by atomic mass is 16.1. The van der Waals surface area contributed by atoms with Gasteiger partial charge in [-0.05, 0) is 37.5 Å². The fraction of sp³-hybridized carbons (Fsp3) is 0.250. The van der Waals surface area contributed by atoms with E-state index in [1.54, 1.807) is 6.92 Å². The molecule has 0 fully saturated rings. The summed E-state index contributed by atoms with van der Waals surface area (Å²) in [5.74, 6) is 1.49. The number of fused-ring (bicyclic) bond motifs is 2. The summed E-state index contributed by atoms with van der Waals surface area (Å²) in [7, 11) is 0. The van der Waals surface area contributed by atoms with Crippen LogP contribution in [0.2, 0.25) is 0 Å². The SMILES string of the molecule is CC(=O)[C@]1(C)c2ccccc2[C@H](c2ccccc2)n2nc(C)nc21. The van der Waals surface area contributed by atoms with E-state index < -0.39 is 5.41 Å². The molecule has 120 valence electrons. The van der Waals surface area contributed by atoms with Gasteiger partial charge in [-0.3, -0.25) is 4.79 Å². The molecule has 0 saturated carbocycles. The lowest BCUT2D eigenvalue weighted by molar-refractivity contribution is -0.121. The fourth-order valence-electron chi connectivity index (χ4n) is 3.70. The van der Waals surface area contributed by atoms with Gasteiger partial charge in [0.2, 0.25) is 0 Å². The molecule has 2 heterocycles. The van der Waals surface area contributed by atoms with E-state index in [9.17, 15) is 4.79 Å². The van der Waals surface area contributed by atoms with Crippen molar-refractivity contribution in [3.63, 3.8) is 0 Å². The Morgan fingerprint density at radius 3 is 2.46 bits per heavy atom. The van der Waals surface area contributed by atoms with Crippen LogP contribution in [0.1, 0.15) is 48.2 Å². The topological polar surface area (TPSA) is 47.8 Å². The van der Waals surface area contributed by atoms with Crippen LogP contribution >= 0.6 is 0 Å². The minimum absolute atomic E-state index is 0.0639. The Morgan fingerprint density at radius 1 is 1.08 bits per heavy atom. The molecule has 0 saturated heterocycles. The zero-order valence-electron chi connectivity index (χ0n) is 14.0. The number of aryl methyl sites for hydroxylation is 1. The van der Waals surface area contributed by atoms with Gasteiger partial charge < -0.3 is 0 Å². The van der Waals surface area contributed by atoms with E-state index in [2.05, 4.69) is 28.3 Å². The second kappa shape index (κ2) is 5.13. The van der Waals surface area contributed by atoms with Crippen molar-refractivity contribution in [2.45, 2.75) is 32.2 Å². The molecule has 1 aliphatic heterocycles. The van der Waals surface area contributed by atoms with Crippen molar-refractivity contribution in [3.05, 3.63) is 82.9 Å². The highest BCUT2D eigenvalue weighted by Gasteiger charge is 2.46. The second-order valence-corrected chi connectivity index (χ2v) is 6.51. The third-order valence-electron chi connectivity index (χ3n) is 5.04. The van der Waals surface area contributed by atoms with Gasteiger partial charge in [0.25, 0.3) is 0 Å². The number of Topliss-reactive ketones (excluding diaryl/α,β-unsaturated/α-hetero) is 1. The Hall–Kier alpha value is -2.75. The average Bonchev–Trinajstić information content (AvgIpc) is 2.98. The predicted octanol–water partition coefficient (Wildman–Crippen LogP) is 3.43. The van der Waals surface area contributed by atoms with Crippen LogP contribution in [-0.2, 0) is 10.2 Å². The van der Waals surface area contributed by atoms with Gasteiger partial charge in [-0.15, -0.1) is 0 Å². The first kappa shape index (κ1) is 14.8. The smallest absolute Gasteiger partial charge is 0.147 e. The van der Waals surface area contributed by atoms with Gasteiger partial charge in [0.15, 0.2) is 0 Å². The number of hydrogen-bond acceptors (Lipinski definition) is 3. The van der Waals surface area contributed by atoms with Gasteiger partial charge in [0.1, 0.15) is 28.9 Å². The summed E-state index contributed by atoms with van der Waals surface area (Å²) in [5.41, 5.74) is 2.50. The minimum atomic E-state index is -0.775. The number of benzene rings is 2. The number of carbonyl (C=O) groups is 1. The Bertz CT molecular complexity index is 929. The summed E-state index contributed by atoms with van der Waals surface area (Å²) in [6.45, 7) is 5.46. The van der Waals surface area contributed by atoms with Crippen LogP contribution < -0.4 is 0 Å².